The van der Waals surface area contributed by atoms with Crippen LogP contribution >= 0.6 is 0 Å². The van der Waals surface area contributed by atoms with E-state index in [9.17, 15) is 4.79 Å². The Kier molecular flexibility index (Phi) is 5.05. The predicted octanol–water partition coefficient (Wildman–Crippen LogP) is 1.66. The average Bonchev–Trinajstić information content (AvgIpc) is 2.97. The molecule has 6 heteroatoms. The van der Waals surface area contributed by atoms with Crippen molar-refractivity contribution in [2.24, 2.45) is 0 Å². The predicted molar refractivity (Wildman–Crippen MR) is 86.5 cm³/mol. The Morgan fingerprint density at radius 3 is 2.73 bits per heavy atom. The summed E-state index contributed by atoms with van der Waals surface area (Å²) in [5, 5.41) is 0. The molecule has 2 aromatic rings. The summed E-state index contributed by atoms with van der Waals surface area (Å²) in [6, 6.07) is 9.72. The Hall–Kier alpha value is -1.46. The van der Waals surface area contributed by atoms with Gasteiger partial charge in [0.25, 0.3) is 0 Å². The molecule has 3 rings (SSSR count). The molecule has 1 aromatic carbocycles. The fourth-order valence-electron chi connectivity index (χ4n) is 2.46. The summed E-state index contributed by atoms with van der Waals surface area (Å²) in [6.45, 7) is 5.91. The number of rotatable bonds is 4. The van der Waals surface area contributed by atoms with Crippen molar-refractivity contribution in [3.05, 3.63) is 41.0 Å². The minimum atomic E-state index is 0.00727. The molecule has 0 atom stereocenters. The number of para-hydroxylation sites is 1. The zero-order valence-corrected chi connectivity index (χ0v) is 14.3. The molecule has 0 N–H and O–H groups in total. The van der Waals surface area contributed by atoms with E-state index in [1.807, 2.05) is 30.3 Å². The number of nitrogens with zero attached hydrogens (tertiary/aromatic N) is 3. The van der Waals surface area contributed by atoms with Crippen molar-refractivity contribution < 1.29 is 9.53 Å². The van der Waals surface area contributed by atoms with Gasteiger partial charge in [-0.05, 0) is 0 Å². The molecule has 1 aromatic heterocycles. The molecule has 1 aliphatic heterocycles. The third-order valence-electron chi connectivity index (χ3n) is 3.55. The van der Waals surface area contributed by atoms with Gasteiger partial charge in [0, 0.05) is 0 Å². The molecule has 22 heavy (non-hydrogen) atoms. The summed E-state index contributed by atoms with van der Waals surface area (Å²) in [5.41, 5.74) is 1.95. The van der Waals surface area contributed by atoms with Gasteiger partial charge in [0.1, 0.15) is 0 Å². The van der Waals surface area contributed by atoms with Gasteiger partial charge in [0.2, 0.25) is 0 Å². The van der Waals surface area contributed by atoms with Crippen LogP contribution < -0.4 is 4.90 Å². The second-order valence-corrected chi connectivity index (χ2v) is 6.96. The summed E-state index contributed by atoms with van der Waals surface area (Å²) in [7, 11) is 0. The molecule has 1 saturated heterocycles. The van der Waals surface area contributed by atoms with Gasteiger partial charge in [-0.15, -0.1) is 0 Å². The molecule has 2 heterocycles. The summed E-state index contributed by atoms with van der Waals surface area (Å²) in [4.78, 5) is 23.0. The van der Waals surface area contributed by atoms with Gasteiger partial charge in [-0.25, -0.2) is 0 Å². The van der Waals surface area contributed by atoms with Crippen LogP contribution in [-0.2, 0) is 16.1 Å². The van der Waals surface area contributed by atoms with Crippen molar-refractivity contribution in [1.29, 1.82) is 0 Å². The zero-order chi connectivity index (χ0) is 15.4. The second kappa shape index (κ2) is 7.20. The summed E-state index contributed by atoms with van der Waals surface area (Å²) >= 11 is 0.100. The Morgan fingerprint density at radius 2 is 2.05 bits per heavy atom. The van der Waals surface area contributed by atoms with Gasteiger partial charge >= 0.3 is 136 Å². The van der Waals surface area contributed by atoms with Crippen molar-refractivity contribution in [3.8, 4) is 0 Å². The minimum absolute atomic E-state index is 0.00727. The van der Waals surface area contributed by atoms with Crippen LogP contribution in [0.2, 0.25) is 0 Å². The van der Waals surface area contributed by atoms with Gasteiger partial charge in [0.15, 0.2) is 0 Å². The van der Waals surface area contributed by atoms with E-state index in [-0.39, 0.29) is 20.4 Å². The number of anilines is 2. The maximum atomic E-state index is 12.0. The van der Waals surface area contributed by atoms with Crippen LogP contribution in [0.25, 0.3) is 0 Å². The quantitative estimate of drug-likeness (QED) is 0.774. The van der Waals surface area contributed by atoms with Crippen LogP contribution in [0.15, 0.2) is 35.3 Å². The molecular weight excluding hydrogens is 345 g/mol. The first-order chi connectivity index (χ1) is 10.7. The van der Waals surface area contributed by atoms with Gasteiger partial charge in [-0.3, -0.25) is 0 Å². The van der Waals surface area contributed by atoms with Crippen molar-refractivity contribution in [3.63, 3.8) is 0 Å². The van der Waals surface area contributed by atoms with E-state index < -0.39 is 0 Å². The fourth-order valence-corrected chi connectivity index (χ4v) is 4.31. The summed E-state index contributed by atoms with van der Waals surface area (Å²) in [5.74, 6) is 0.00727. The van der Waals surface area contributed by atoms with E-state index in [0.29, 0.717) is 0 Å². The Morgan fingerprint density at radius 1 is 1.32 bits per heavy atom. The first-order valence-electron chi connectivity index (χ1n) is 7.34. The monoisotopic (exact) mass is 365 g/mol. The van der Waals surface area contributed by atoms with Crippen LogP contribution in [0.3, 0.4) is 0 Å². The Bertz CT molecular complexity index is 623. The fraction of sp³-hybridized carbons (Fsp3) is 0.375. The van der Waals surface area contributed by atoms with Gasteiger partial charge in [-0.2, -0.15) is 0 Å². The summed E-state index contributed by atoms with van der Waals surface area (Å²) < 4.78 is 6.24. The molecule has 0 unspecified atom stereocenters. The SMILES string of the molecule is CC(=O)N(c1ccccc1)c1nc(CN2CCOCC2)c[se]1. The van der Waals surface area contributed by atoms with Crippen LogP contribution in [0.4, 0.5) is 10.4 Å². The molecule has 0 radical (unpaired) electrons. The average molecular weight is 364 g/mol. The number of hydrogen-bond acceptors (Lipinski definition) is 4. The van der Waals surface area contributed by atoms with E-state index in [1.165, 1.54) is 0 Å². The number of carbonyl (C=O) groups excluding carboxylic acids is 1. The van der Waals surface area contributed by atoms with Crippen LogP contribution in [0.5, 0.6) is 0 Å². The molecule has 116 valence electrons. The van der Waals surface area contributed by atoms with Gasteiger partial charge in [0.05, 0.1) is 0 Å². The number of aromatic nitrogens is 1. The van der Waals surface area contributed by atoms with Crippen molar-refractivity contribution in [2.45, 2.75) is 13.5 Å². The normalized spacial score (nSPS) is 15.7. The van der Waals surface area contributed by atoms with E-state index >= 15 is 0 Å². The molecule has 1 amide bonds. The van der Waals surface area contributed by atoms with Crippen molar-refractivity contribution in [1.82, 2.24) is 9.88 Å². The Labute approximate surface area is 136 Å². The maximum absolute atomic E-state index is 12.0. The van der Waals surface area contributed by atoms with E-state index in [0.717, 1.165) is 48.9 Å². The number of morpholine rings is 1. The van der Waals surface area contributed by atoms with E-state index in [4.69, 9.17) is 9.72 Å². The van der Waals surface area contributed by atoms with E-state index in [2.05, 4.69) is 9.84 Å². The van der Waals surface area contributed by atoms with Gasteiger partial charge in [-0.1, -0.05) is 0 Å². The van der Waals surface area contributed by atoms with Gasteiger partial charge < -0.3 is 0 Å². The number of carbonyl (C=O) groups is 1. The third kappa shape index (κ3) is 3.65. The summed E-state index contributed by atoms with van der Waals surface area (Å²) in [6.07, 6.45) is 0. The molecule has 0 aliphatic carbocycles. The number of ether oxygens (including phenoxy) is 1. The molecular formula is C16H19N3O2Se. The number of benzene rings is 1. The van der Waals surface area contributed by atoms with Crippen molar-refractivity contribution >= 4 is 30.8 Å². The zero-order valence-electron chi connectivity index (χ0n) is 12.6. The molecule has 0 saturated carbocycles. The Balaban J connectivity index is 1.77. The first kappa shape index (κ1) is 15.4. The number of hydrogen-bond donors (Lipinski definition) is 0. The molecule has 1 aliphatic rings. The molecule has 5 nitrogen and oxygen atoms in total. The molecule has 1 fully saturated rings. The van der Waals surface area contributed by atoms with Crippen LogP contribution in [0.1, 0.15) is 12.6 Å². The van der Waals surface area contributed by atoms with Crippen LogP contribution in [-0.4, -0.2) is 56.6 Å². The first-order valence-corrected chi connectivity index (χ1v) is 9.19. The second-order valence-electron chi connectivity index (χ2n) is 5.20. The van der Waals surface area contributed by atoms with Crippen LogP contribution in [0, 0.1) is 0 Å². The topological polar surface area (TPSA) is 45.7 Å². The molecule has 0 bridgehead atoms. The standard InChI is InChI=1S/C16H19N3O2Se/c1-13(20)19(15-5-3-2-4-6-15)16-17-14(12-22-16)11-18-7-9-21-10-8-18/h2-6,12H,7-11H2,1H3. The van der Waals surface area contributed by atoms with Crippen molar-refractivity contribution in [2.75, 3.05) is 31.2 Å². The van der Waals surface area contributed by atoms with E-state index in [1.54, 1.807) is 11.8 Å². The molecule has 0 spiro atoms. The number of amides is 1. The third-order valence-corrected chi connectivity index (χ3v) is 5.38.